The van der Waals surface area contributed by atoms with Crippen molar-refractivity contribution < 1.29 is 12.6 Å². The van der Waals surface area contributed by atoms with E-state index in [1.807, 2.05) is 6.92 Å². The van der Waals surface area contributed by atoms with Gasteiger partial charge in [0.15, 0.2) is 0 Å². The Labute approximate surface area is 111 Å². The van der Waals surface area contributed by atoms with Crippen LogP contribution in [-0.4, -0.2) is 26.6 Å². The average molecular weight is 288 g/mol. The maximum Gasteiger partial charge on any atom is 0.297 e. The summed E-state index contributed by atoms with van der Waals surface area (Å²) < 4.78 is 29.1. The van der Waals surface area contributed by atoms with E-state index in [0.717, 1.165) is 5.56 Å². The smallest absolute Gasteiger partial charge is 0.262 e. The van der Waals surface area contributed by atoms with Gasteiger partial charge in [-0.05, 0) is 30.9 Å². The molecule has 1 aromatic carbocycles. The summed E-state index contributed by atoms with van der Waals surface area (Å²) in [6, 6.07) is 6.71. The predicted octanol–water partition coefficient (Wildman–Crippen LogP) is 3.57. The number of hydrogen-bond donors (Lipinski definition) is 0. The molecule has 5 heteroatoms. The molecule has 0 saturated carbocycles. The van der Waals surface area contributed by atoms with E-state index >= 15 is 0 Å². The van der Waals surface area contributed by atoms with Crippen molar-refractivity contribution in [2.24, 2.45) is 0 Å². The molecule has 0 amide bonds. The van der Waals surface area contributed by atoms with Gasteiger partial charge in [0.2, 0.25) is 0 Å². The number of aryl methyl sites for hydroxylation is 1. The van der Waals surface area contributed by atoms with Crippen LogP contribution in [0, 0.1) is 6.92 Å². The van der Waals surface area contributed by atoms with Crippen LogP contribution in [0.2, 0.25) is 0 Å². The Kier molecular flexibility index (Phi) is 4.93. The largest absolute Gasteiger partial charge is 0.297 e. The minimum Gasteiger partial charge on any atom is -0.262 e. The van der Waals surface area contributed by atoms with Gasteiger partial charge in [-0.2, -0.15) is 8.42 Å². The monoisotopic (exact) mass is 288 g/mol. The summed E-state index contributed by atoms with van der Waals surface area (Å²) in [6.45, 7) is 10.3. The molecule has 1 unspecified atom stereocenters. The van der Waals surface area contributed by atoms with Gasteiger partial charge in [0, 0.05) is 0 Å². The van der Waals surface area contributed by atoms with Crippen molar-refractivity contribution in [3.63, 3.8) is 0 Å². The first-order valence-corrected chi connectivity index (χ1v) is 9.18. The van der Waals surface area contributed by atoms with E-state index in [4.69, 9.17) is 4.18 Å². The summed E-state index contributed by atoms with van der Waals surface area (Å²) in [6.07, 6.45) is 0.273. The average Bonchev–Trinajstić information content (AvgIpc) is 2.25. The van der Waals surface area contributed by atoms with E-state index in [0.29, 0.717) is 0 Å². The molecule has 3 nitrogen and oxygen atoms in total. The molecule has 0 heterocycles. The minimum absolute atomic E-state index is 0.0954. The Morgan fingerprint density at radius 1 is 1.17 bits per heavy atom. The molecule has 0 aromatic heterocycles. The molecule has 1 aromatic rings. The number of rotatable bonds is 4. The third-order valence-electron chi connectivity index (χ3n) is 2.86. The van der Waals surface area contributed by atoms with Gasteiger partial charge in [0.1, 0.15) is 0 Å². The van der Waals surface area contributed by atoms with Gasteiger partial charge in [0.25, 0.3) is 10.1 Å². The van der Waals surface area contributed by atoms with E-state index in [-0.39, 0.29) is 16.4 Å². The Hall–Kier alpha value is -0.440. The number of hydrogen-bond acceptors (Lipinski definition) is 3. The van der Waals surface area contributed by atoms with Crippen LogP contribution >= 0.6 is 7.92 Å². The standard InChI is InChI=1S/C13H21O3PS/c1-11-6-8-12(9-7-11)18(14,15)16-10-17(5)13(2,3)4/h6-9H,10H2,1-5H3. The van der Waals surface area contributed by atoms with Crippen molar-refractivity contribution in [3.05, 3.63) is 29.8 Å². The van der Waals surface area contributed by atoms with Crippen molar-refractivity contribution in [1.82, 2.24) is 0 Å². The third kappa shape index (κ3) is 4.34. The van der Waals surface area contributed by atoms with Crippen LogP contribution in [-0.2, 0) is 14.3 Å². The van der Waals surface area contributed by atoms with Gasteiger partial charge >= 0.3 is 0 Å². The summed E-state index contributed by atoms with van der Waals surface area (Å²) >= 11 is 0. The van der Waals surface area contributed by atoms with Crippen LogP contribution in [0.15, 0.2) is 29.2 Å². The van der Waals surface area contributed by atoms with Crippen LogP contribution < -0.4 is 0 Å². The highest BCUT2D eigenvalue weighted by molar-refractivity contribution is 7.87. The summed E-state index contributed by atoms with van der Waals surface area (Å²) in [5, 5.41) is 0.0954. The zero-order valence-corrected chi connectivity index (χ0v) is 13.3. The van der Waals surface area contributed by atoms with Crippen LogP contribution in [0.1, 0.15) is 26.3 Å². The van der Waals surface area contributed by atoms with E-state index in [1.165, 1.54) is 0 Å². The highest BCUT2D eigenvalue weighted by Gasteiger charge is 2.23. The van der Waals surface area contributed by atoms with Gasteiger partial charge in [-0.3, -0.25) is 4.18 Å². The van der Waals surface area contributed by atoms with Crippen molar-refractivity contribution in [3.8, 4) is 0 Å². The van der Waals surface area contributed by atoms with Crippen molar-refractivity contribution in [2.75, 3.05) is 13.0 Å². The quantitative estimate of drug-likeness (QED) is 0.628. The molecule has 0 aliphatic heterocycles. The number of benzene rings is 1. The molecule has 1 atom stereocenters. The Morgan fingerprint density at radius 2 is 1.67 bits per heavy atom. The highest BCUT2D eigenvalue weighted by atomic mass is 32.2. The molecule has 1 rings (SSSR count). The van der Waals surface area contributed by atoms with Crippen molar-refractivity contribution in [1.29, 1.82) is 0 Å². The summed E-state index contributed by atoms with van der Waals surface area (Å²) in [7, 11) is -4.10. The normalized spacial score (nSPS) is 14.5. The Balaban J connectivity index is 2.75. The lowest BCUT2D eigenvalue weighted by atomic mass is 10.2. The van der Waals surface area contributed by atoms with Gasteiger partial charge in [-0.1, -0.05) is 46.4 Å². The molecular formula is C13H21O3PS. The molecule has 0 spiro atoms. The lowest BCUT2D eigenvalue weighted by Gasteiger charge is -2.27. The molecule has 0 aliphatic rings. The first-order valence-electron chi connectivity index (χ1n) is 5.80. The van der Waals surface area contributed by atoms with Gasteiger partial charge in [0.05, 0.1) is 11.2 Å². The fourth-order valence-electron chi connectivity index (χ4n) is 1.12. The SMILES string of the molecule is Cc1ccc(S(=O)(=O)OCP(C)C(C)(C)C)cc1. The van der Waals surface area contributed by atoms with Crippen LogP contribution in [0.4, 0.5) is 0 Å². The maximum absolute atomic E-state index is 12.0. The fourth-order valence-corrected chi connectivity index (χ4v) is 3.30. The van der Waals surface area contributed by atoms with E-state index in [1.54, 1.807) is 24.3 Å². The second-order valence-corrected chi connectivity index (χ2v) is 9.99. The molecular weight excluding hydrogens is 267 g/mol. The fraction of sp³-hybridized carbons (Fsp3) is 0.538. The second kappa shape index (κ2) is 5.68. The van der Waals surface area contributed by atoms with Gasteiger partial charge < -0.3 is 0 Å². The summed E-state index contributed by atoms with van der Waals surface area (Å²) in [4.78, 5) is 0.227. The molecule has 0 fully saturated rings. The Bertz CT molecular complexity index is 486. The van der Waals surface area contributed by atoms with Crippen LogP contribution in [0.3, 0.4) is 0 Å². The van der Waals surface area contributed by atoms with Gasteiger partial charge in [-0.25, -0.2) is 0 Å². The molecule has 0 aliphatic carbocycles. The highest BCUT2D eigenvalue weighted by Crippen LogP contribution is 2.46. The van der Waals surface area contributed by atoms with Gasteiger partial charge in [-0.15, -0.1) is 0 Å². The molecule has 18 heavy (non-hydrogen) atoms. The van der Waals surface area contributed by atoms with Crippen molar-refractivity contribution >= 4 is 18.0 Å². The second-order valence-electron chi connectivity index (χ2n) is 5.38. The zero-order chi connectivity index (χ0) is 14.0. The molecule has 0 N–H and O–H groups in total. The molecule has 102 valence electrons. The lowest BCUT2D eigenvalue weighted by Crippen LogP contribution is -2.16. The molecule has 0 bridgehead atoms. The summed E-state index contributed by atoms with van der Waals surface area (Å²) in [5.41, 5.74) is 1.03. The zero-order valence-electron chi connectivity index (χ0n) is 11.6. The van der Waals surface area contributed by atoms with Crippen molar-refractivity contribution in [2.45, 2.75) is 37.7 Å². The van der Waals surface area contributed by atoms with Crippen LogP contribution in [0.5, 0.6) is 0 Å². The Morgan fingerprint density at radius 3 is 2.11 bits per heavy atom. The summed E-state index contributed by atoms with van der Waals surface area (Å²) in [5.74, 6) is 0. The topological polar surface area (TPSA) is 43.4 Å². The minimum atomic E-state index is -3.62. The first-order chi connectivity index (χ1) is 8.13. The lowest BCUT2D eigenvalue weighted by molar-refractivity contribution is 0.375. The third-order valence-corrected chi connectivity index (χ3v) is 7.12. The molecule has 0 saturated heterocycles. The maximum atomic E-state index is 12.0. The molecule has 0 radical (unpaired) electrons. The predicted molar refractivity (Wildman–Crippen MR) is 76.9 cm³/mol. The van der Waals surface area contributed by atoms with E-state index in [9.17, 15) is 8.42 Å². The van der Waals surface area contributed by atoms with E-state index in [2.05, 4.69) is 27.4 Å². The van der Waals surface area contributed by atoms with E-state index < -0.39 is 18.0 Å². The first kappa shape index (κ1) is 15.6. The van der Waals surface area contributed by atoms with Crippen LogP contribution in [0.25, 0.3) is 0 Å².